The quantitative estimate of drug-likeness (QED) is 0.621. The van der Waals surface area contributed by atoms with E-state index in [2.05, 4.69) is 20.5 Å². The molecule has 0 bridgehead atoms. The van der Waals surface area contributed by atoms with Gasteiger partial charge in [0.25, 0.3) is 0 Å². The van der Waals surface area contributed by atoms with Crippen molar-refractivity contribution in [3.63, 3.8) is 0 Å². The summed E-state index contributed by atoms with van der Waals surface area (Å²) in [4.78, 5) is 17.0. The van der Waals surface area contributed by atoms with Crippen LogP contribution in [0.3, 0.4) is 0 Å². The maximum absolute atomic E-state index is 12.6. The van der Waals surface area contributed by atoms with Crippen molar-refractivity contribution in [1.29, 1.82) is 0 Å². The predicted octanol–water partition coefficient (Wildman–Crippen LogP) is 4.29. The Kier molecular flexibility index (Phi) is 6.54. The molecule has 1 aromatic heterocycles. The maximum atomic E-state index is 12.6. The van der Waals surface area contributed by atoms with Crippen LogP contribution in [-0.4, -0.2) is 26.3 Å². The average molecular weight is 379 g/mol. The van der Waals surface area contributed by atoms with Gasteiger partial charge in [0.2, 0.25) is 11.1 Å². The molecule has 1 N–H and O–H groups in total. The number of hydrogen-bond donors (Lipinski definition) is 1. The number of aromatic nitrogens is 3. The van der Waals surface area contributed by atoms with Gasteiger partial charge in [0.1, 0.15) is 5.69 Å². The second-order valence-corrected chi connectivity index (χ2v) is 7.32. The fraction of sp³-hybridized carbons (Fsp3) is 0.238. The minimum atomic E-state index is -0.263. The van der Waals surface area contributed by atoms with Gasteiger partial charge in [0, 0.05) is 5.56 Å². The zero-order valence-corrected chi connectivity index (χ0v) is 16.2. The Morgan fingerprint density at radius 1 is 1.04 bits per heavy atom. The van der Waals surface area contributed by atoms with Crippen LogP contribution < -0.4 is 5.32 Å². The van der Waals surface area contributed by atoms with Gasteiger partial charge >= 0.3 is 0 Å². The molecular formula is C21H22N4OS. The molecule has 0 saturated carbocycles. The Morgan fingerprint density at radius 3 is 2.30 bits per heavy atom. The summed E-state index contributed by atoms with van der Waals surface area (Å²) < 4.78 is 0. The highest BCUT2D eigenvalue weighted by molar-refractivity contribution is 8.00. The lowest BCUT2D eigenvalue weighted by Gasteiger charge is -2.18. The molecule has 0 aliphatic carbocycles. The lowest BCUT2D eigenvalue weighted by atomic mass is 10.1. The SMILES string of the molecule is CC[C@H](Sc1ncc(-c2ccccc2)nn1)C(=O)N[C@H](C)c1ccccc1. The van der Waals surface area contributed by atoms with Crippen LogP contribution in [0.25, 0.3) is 11.3 Å². The standard InChI is InChI=1S/C21H22N4OS/c1-3-19(20(26)23-15(2)16-10-6-4-7-11-16)27-21-22-14-18(24-25-21)17-12-8-5-9-13-17/h4-15,19H,3H2,1-2H3,(H,23,26)/t15-,19+/m1/s1. The summed E-state index contributed by atoms with van der Waals surface area (Å²) in [6, 6.07) is 19.7. The average Bonchev–Trinajstić information content (AvgIpc) is 2.73. The summed E-state index contributed by atoms with van der Waals surface area (Å²) in [7, 11) is 0. The van der Waals surface area contributed by atoms with E-state index in [-0.39, 0.29) is 17.2 Å². The molecule has 0 unspecified atom stereocenters. The normalized spacial score (nSPS) is 13.0. The van der Waals surface area contributed by atoms with Crippen LogP contribution in [0.15, 0.2) is 72.0 Å². The molecule has 2 atom stereocenters. The lowest BCUT2D eigenvalue weighted by Crippen LogP contribution is -2.34. The summed E-state index contributed by atoms with van der Waals surface area (Å²) in [6.45, 7) is 3.97. The van der Waals surface area contributed by atoms with E-state index in [9.17, 15) is 4.79 Å². The highest BCUT2D eigenvalue weighted by Crippen LogP contribution is 2.24. The van der Waals surface area contributed by atoms with Gasteiger partial charge in [-0.05, 0) is 18.9 Å². The third-order valence-corrected chi connectivity index (χ3v) is 5.41. The maximum Gasteiger partial charge on any atom is 0.234 e. The van der Waals surface area contributed by atoms with Gasteiger partial charge < -0.3 is 5.32 Å². The molecule has 0 aliphatic heterocycles. The van der Waals surface area contributed by atoms with Crippen molar-refractivity contribution in [2.75, 3.05) is 0 Å². The van der Waals surface area contributed by atoms with E-state index < -0.39 is 0 Å². The number of thioether (sulfide) groups is 1. The molecule has 0 aliphatic rings. The molecule has 1 amide bonds. The van der Waals surface area contributed by atoms with Crippen LogP contribution in [0.4, 0.5) is 0 Å². The molecular weight excluding hydrogens is 356 g/mol. The summed E-state index contributed by atoms with van der Waals surface area (Å²) in [5.74, 6) is -0.0189. The van der Waals surface area contributed by atoms with Crippen molar-refractivity contribution in [2.24, 2.45) is 0 Å². The van der Waals surface area contributed by atoms with Gasteiger partial charge in [-0.25, -0.2) is 4.98 Å². The van der Waals surface area contributed by atoms with E-state index in [0.29, 0.717) is 11.6 Å². The molecule has 0 radical (unpaired) electrons. The minimum absolute atomic E-state index is 0.0189. The predicted molar refractivity (Wildman–Crippen MR) is 108 cm³/mol. The van der Waals surface area contributed by atoms with Crippen molar-refractivity contribution in [3.05, 3.63) is 72.4 Å². The van der Waals surface area contributed by atoms with E-state index in [1.807, 2.05) is 74.5 Å². The first-order valence-corrected chi connectivity index (χ1v) is 9.82. The van der Waals surface area contributed by atoms with Crippen molar-refractivity contribution >= 4 is 17.7 Å². The second kappa shape index (κ2) is 9.28. The number of rotatable bonds is 7. The van der Waals surface area contributed by atoms with E-state index in [4.69, 9.17) is 0 Å². The van der Waals surface area contributed by atoms with Crippen LogP contribution in [0, 0.1) is 0 Å². The van der Waals surface area contributed by atoms with Crippen LogP contribution >= 0.6 is 11.8 Å². The van der Waals surface area contributed by atoms with Gasteiger partial charge in [0.05, 0.1) is 17.5 Å². The molecule has 6 heteroatoms. The smallest absolute Gasteiger partial charge is 0.234 e. The first-order valence-electron chi connectivity index (χ1n) is 8.94. The zero-order valence-electron chi connectivity index (χ0n) is 15.4. The van der Waals surface area contributed by atoms with Crippen molar-refractivity contribution in [1.82, 2.24) is 20.5 Å². The fourth-order valence-corrected chi connectivity index (χ4v) is 3.44. The molecule has 0 saturated heterocycles. The Labute approximate surface area is 163 Å². The van der Waals surface area contributed by atoms with Gasteiger partial charge in [-0.1, -0.05) is 79.3 Å². The number of benzene rings is 2. The Bertz CT molecular complexity index is 856. The summed E-state index contributed by atoms with van der Waals surface area (Å²) in [5, 5.41) is 11.7. The van der Waals surface area contributed by atoms with Gasteiger partial charge in [-0.2, -0.15) is 0 Å². The zero-order chi connectivity index (χ0) is 19.1. The van der Waals surface area contributed by atoms with Crippen molar-refractivity contribution in [2.45, 2.75) is 36.7 Å². The third kappa shape index (κ3) is 5.14. The van der Waals surface area contributed by atoms with E-state index in [1.54, 1.807) is 6.20 Å². The number of amides is 1. The molecule has 27 heavy (non-hydrogen) atoms. The second-order valence-electron chi connectivity index (χ2n) is 6.15. The minimum Gasteiger partial charge on any atom is -0.349 e. The van der Waals surface area contributed by atoms with Crippen LogP contribution in [0.1, 0.15) is 31.9 Å². The third-order valence-electron chi connectivity index (χ3n) is 4.18. The Morgan fingerprint density at radius 2 is 1.70 bits per heavy atom. The molecule has 5 nitrogen and oxygen atoms in total. The van der Waals surface area contributed by atoms with Gasteiger partial charge in [-0.15, -0.1) is 10.2 Å². The highest BCUT2D eigenvalue weighted by Gasteiger charge is 2.21. The van der Waals surface area contributed by atoms with Crippen molar-refractivity contribution in [3.8, 4) is 11.3 Å². The summed E-state index contributed by atoms with van der Waals surface area (Å²) >= 11 is 1.34. The molecule has 3 aromatic rings. The van der Waals surface area contributed by atoms with Crippen molar-refractivity contribution < 1.29 is 4.79 Å². The number of carbonyl (C=O) groups excluding carboxylic acids is 1. The molecule has 3 rings (SSSR count). The highest BCUT2D eigenvalue weighted by atomic mass is 32.2. The lowest BCUT2D eigenvalue weighted by molar-refractivity contribution is -0.121. The molecule has 138 valence electrons. The van der Waals surface area contributed by atoms with Gasteiger partial charge in [-0.3, -0.25) is 4.79 Å². The number of nitrogens with zero attached hydrogens (tertiary/aromatic N) is 3. The van der Waals surface area contributed by atoms with Crippen LogP contribution in [0.2, 0.25) is 0 Å². The Hall–Kier alpha value is -2.73. The van der Waals surface area contributed by atoms with E-state index in [0.717, 1.165) is 16.8 Å². The largest absolute Gasteiger partial charge is 0.349 e. The topological polar surface area (TPSA) is 67.8 Å². The molecule has 2 aromatic carbocycles. The fourth-order valence-electron chi connectivity index (χ4n) is 2.64. The van der Waals surface area contributed by atoms with Crippen LogP contribution in [0.5, 0.6) is 0 Å². The molecule has 1 heterocycles. The number of hydrogen-bond acceptors (Lipinski definition) is 5. The number of carbonyl (C=O) groups is 1. The van der Waals surface area contributed by atoms with Gasteiger partial charge in [0.15, 0.2) is 0 Å². The molecule has 0 fully saturated rings. The summed E-state index contributed by atoms with van der Waals surface area (Å²) in [5.41, 5.74) is 2.77. The van der Waals surface area contributed by atoms with E-state index in [1.165, 1.54) is 11.8 Å². The Balaban J connectivity index is 1.63. The van der Waals surface area contributed by atoms with E-state index >= 15 is 0 Å². The number of nitrogens with one attached hydrogen (secondary N) is 1. The molecule has 0 spiro atoms. The summed E-state index contributed by atoms with van der Waals surface area (Å²) in [6.07, 6.45) is 2.38. The first kappa shape index (κ1) is 19.0. The monoisotopic (exact) mass is 378 g/mol. The van der Waals surface area contributed by atoms with Crippen LogP contribution in [-0.2, 0) is 4.79 Å². The first-order chi connectivity index (χ1) is 13.2.